The van der Waals surface area contributed by atoms with Crippen LogP contribution in [0.4, 0.5) is 14.5 Å². The Morgan fingerprint density at radius 1 is 1.17 bits per heavy atom. The predicted molar refractivity (Wildman–Crippen MR) is 65.9 cm³/mol. The van der Waals surface area contributed by atoms with Crippen LogP contribution in [0.25, 0.3) is 10.9 Å². The van der Waals surface area contributed by atoms with E-state index in [1.165, 1.54) is 6.07 Å². The molecule has 1 fully saturated rings. The highest BCUT2D eigenvalue weighted by atomic mass is 19.1. The lowest BCUT2D eigenvalue weighted by Crippen LogP contribution is -2.36. The van der Waals surface area contributed by atoms with Crippen LogP contribution in [0.1, 0.15) is 0 Å². The second-order valence-corrected chi connectivity index (χ2v) is 4.51. The highest BCUT2D eigenvalue weighted by Gasteiger charge is 2.19. The first kappa shape index (κ1) is 11.5. The summed E-state index contributed by atoms with van der Waals surface area (Å²) in [5.74, 6) is -1.06. The molecule has 0 saturated carbocycles. The zero-order valence-electron chi connectivity index (χ0n) is 10.1. The van der Waals surface area contributed by atoms with Crippen molar-refractivity contribution < 1.29 is 13.5 Å². The summed E-state index contributed by atoms with van der Waals surface area (Å²) in [7, 11) is 1.77. The van der Waals surface area contributed by atoms with Crippen LogP contribution in [0.15, 0.2) is 18.3 Å². The summed E-state index contributed by atoms with van der Waals surface area (Å²) in [6.45, 7) is 2.79. The number of halogens is 2. The molecule has 1 aliphatic rings. The van der Waals surface area contributed by atoms with Crippen molar-refractivity contribution in [2.24, 2.45) is 7.05 Å². The molecular weight excluding hydrogens is 238 g/mol. The van der Waals surface area contributed by atoms with Crippen LogP contribution in [0.3, 0.4) is 0 Å². The van der Waals surface area contributed by atoms with Gasteiger partial charge in [0.2, 0.25) is 0 Å². The Bertz CT molecular complexity index is 588. The smallest absolute Gasteiger partial charge is 0.150 e. The number of hydrogen-bond donors (Lipinski definition) is 0. The molecule has 0 N–H and O–H groups in total. The van der Waals surface area contributed by atoms with Crippen molar-refractivity contribution in [3.05, 3.63) is 30.0 Å². The van der Waals surface area contributed by atoms with Crippen molar-refractivity contribution >= 4 is 16.6 Å². The molecule has 0 bridgehead atoms. The molecule has 0 atom stereocenters. The first-order chi connectivity index (χ1) is 8.66. The molecule has 2 heterocycles. The van der Waals surface area contributed by atoms with Crippen LogP contribution in [0.5, 0.6) is 0 Å². The maximum Gasteiger partial charge on any atom is 0.150 e. The van der Waals surface area contributed by atoms with Gasteiger partial charge < -0.3 is 14.2 Å². The summed E-state index contributed by atoms with van der Waals surface area (Å²) in [6.07, 6.45) is 1.85. The van der Waals surface area contributed by atoms with Crippen molar-refractivity contribution in [2.45, 2.75) is 0 Å². The van der Waals surface area contributed by atoms with Crippen LogP contribution < -0.4 is 4.90 Å². The molecule has 1 aromatic heterocycles. The van der Waals surface area contributed by atoms with Gasteiger partial charge >= 0.3 is 0 Å². The quantitative estimate of drug-likeness (QED) is 0.774. The number of morpholine rings is 1. The maximum atomic E-state index is 13.8. The van der Waals surface area contributed by atoms with Gasteiger partial charge in [-0.05, 0) is 6.07 Å². The number of nitrogens with zero attached hydrogens (tertiary/aromatic N) is 2. The molecule has 0 spiro atoms. The van der Waals surface area contributed by atoms with E-state index in [-0.39, 0.29) is 0 Å². The van der Waals surface area contributed by atoms with Gasteiger partial charge in [0.05, 0.1) is 24.4 Å². The number of rotatable bonds is 1. The predicted octanol–water partition coefficient (Wildman–Crippen LogP) is 2.29. The Morgan fingerprint density at radius 2 is 1.89 bits per heavy atom. The Balaban J connectivity index is 2.17. The Labute approximate surface area is 104 Å². The summed E-state index contributed by atoms with van der Waals surface area (Å²) in [5.41, 5.74) is 1.31. The van der Waals surface area contributed by atoms with E-state index in [1.807, 2.05) is 6.20 Å². The molecule has 1 saturated heterocycles. The van der Waals surface area contributed by atoms with Crippen molar-refractivity contribution in [3.8, 4) is 0 Å². The Kier molecular flexibility index (Phi) is 2.70. The van der Waals surface area contributed by atoms with Gasteiger partial charge in [-0.25, -0.2) is 8.78 Å². The van der Waals surface area contributed by atoms with Gasteiger partial charge in [0, 0.05) is 37.8 Å². The Hall–Kier alpha value is -1.62. The summed E-state index contributed by atoms with van der Waals surface area (Å²) < 4.78 is 34.1. The lowest BCUT2D eigenvalue weighted by atomic mass is 10.2. The minimum atomic E-state index is -0.541. The second-order valence-electron chi connectivity index (χ2n) is 4.51. The van der Waals surface area contributed by atoms with Gasteiger partial charge in [0.1, 0.15) is 11.6 Å². The molecule has 1 aromatic carbocycles. The molecule has 2 aromatic rings. The van der Waals surface area contributed by atoms with Gasteiger partial charge in [0.25, 0.3) is 0 Å². The lowest BCUT2D eigenvalue weighted by Gasteiger charge is -2.28. The fourth-order valence-corrected chi connectivity index (χ4v) is 2.49. The Morgan fingerprint density at radius 3 is 2.61 bits per heavy atom. The van der Waals surface area contributed by atoms with E-state index in [4.69, 9.17) is 4.74 Å². The SMILES string of the molecule is Cn1cc(N2CCOCC2)c2cc(F)cc(F)c21. The molecular formula is C13H14F2N2O. The van der Waals surface area contributed by atoms with Gasteiger partial charge in [-0.1, -0.05) is 0 Å². The molecule has 5 heteroatoms. The van der Waals surface area contributed by atoms with Gasteiger partial charge in [-0.15, -0.1) is 0 Å². The minimum Gasteiger partial charge on any atom is -0.378 e. The van der Waals surface area contributed by atoms with Crippen molar-refractivity contribution in [1.29, 1.82) is 0 Å². The monoisotopic (exact) mass is 252 g/mol. The van der Waals surface area contributed by atoms with E-state index < -0.39 is 11.6 Å². The fraction of sp³-hybridized carbons (Fsp3) is 0.385. The van der Waals surface area contributed by atoms with E-state index in [1.54, 1.807) is 11.6 Å². The molecule has 0 aliphatic carbocycles. The van der Waals surface area contributed by atoms with Crippen LogP contribution in [0, 0.1) is 11.6 Å². The average Bonchev–Trinajstić information content (AvgIpc) is 2.67. The van der Waals surface area contributed by atoms with Crippen LogP contribution in [-0.2, 0) is 11.8 Å². The third kappa shape index (κ3) is 1.75. The third-order valence-corrected chi connectivity index (χ3v) is 3.32. The minimum absolute atomic E-state index is 0.442. The van der Waals surface area contributed by atoms with Crippen molar-refractivity contribution in [2.75, 3.05) is 31.2 Å². The molecule has 1 aliphatic heterocycles. The molecule has 0 radical (unpaired) electrons. The van der Waals surface area contributed by atoms with Gasteiger partial charge in [-0.3, -0.25) is 0 Å². The topological polar surface area (TPSA) is 17.4 Å². The first-order valence-corrected chi connectivity index (χ1v) is 5.93. The van der Waals surface area contributed by atoms with E-state index in [0.717, 1.165) is 24.8 Å². The molecule has 0 amide bonds. The summed E-state index contributed by atoms with van der Waals surface area (Å²) in [6, 6.07) is 2.31. The number of anilines is 1. The van der Waals surface area contributed by atoms with Crippen LogP contribution in [0.2, 0.25) is 0 Å². The number of aromatic nitrogens is 1. The number of fused-ring (bicyclic) bond motifs is 1. The number of ether oxygens (including phenoxy) is 1. The van der Waals surface area contributed by atoms with Gasteiger partial charge in [-0.2, -0.15) is 0 Å². The maximum absolute atomic E-state index is 13.8. The van der Waals surface area contributed by atoms with Crippen LogP contribution >= 0.6 is 0 Å². The largest absolute Gasteiger partial charge is 0.378 e. The van der Waals surface area contributed by atoms with Crippen molar-refractivity contribution in [1.82, 2.24) is 4.57 Å². The summed E-state index contributed by atoms with van der Waals surface area (Å²) in [5, 5.41) is 0.622. The number of hydrogen-bond acceptors (Lipinski definition) is 2. The van der Waals surface area contributed by atoms with E-state index in [2.05, 4.69) is 4.90 Å². The standard InChI is InChI=1S/C13H14F2N2O/c1-16-8-12(17-2-4-18-5-3-17)10-6-9(14)7-11(15)13(10)16/h6-8H,2-5H2,1H3. The highest BCUT2D eigenvalue weighted by Crippen LogP contribution is 2.31. The summed E-state index contributed by atoms with van der Waals surface area (Å²) in [4.78, 5) is 2.10. The average molecular weight is 252 g/mol. The number of aryl methyl sites for hydroxylation is 1. The molecule has 3 nitrogen and oxygen atoms in total. The fourth-order valence-electron chi connectivity index (χ4n) is 2.49. The highest BCUT2D eigenvalue weighted by molar-refractivity contribution is 5.94. The van der Waals surface area contributed by atoms with E-state index >= 15 is 0 Å². The molecule has 0 unspecified atom stereocenters. The molecule has 3 rings (SSSR count). The zero-order valence-corrected chi connectivity index (χ0v) is 10.1. The van der Waals surface area contributed by atoms with Gasteiger partial charge in [0.15, 0.2) is 0 Å². The molecule has 96 valence electrons. The lowest BCUT2D eigenvalue weighted by molar-refractivity contribution is 0.123. The second kappa shape index (κ2) is 4.24. The third-order valence-electron chi connectivity index (χ3n) is 3.32. The molecule has 18 heavy (non-hydrogen) atoms. The normalized spacial score (nSPS) is 16.5. The first-order valence-electron chi connectivity index (χ1n) is 5.93. The van der Waals surface area contributed by atoms with E-state index in [9.17, 15) is 8.78 Å². The number of benzene rings is 1. The summed E-state index contributed by atoms with van der Waals surface area (Å²) >= 11 is 0. The zero-order chi connectivity index (χ0) is 12.7. The van der Waals surface area contributed by atoms with E-state index in [0.29, 0.717) is 24.1 Å². The van der Waals surface area contributed by atoms with Crippen molar-refractivity contribution in [3.63, 3.8) is 0 Å². The van der Waals surface area contributed by atoms with Crippen LogP contribution in [-0.4, -0.2) is 30.9 Å².